The largest absolute Gasteiger partial charge is 0.207 e. The normalized spacial score (nSPS) is 11.6. The van der Waals surface area contributed by atoms with E-state index in [1.54, 1.807) is 0 Å². The smallest absolute Gasteiger partial charge is 0.123 e. The highest BCUT2D eigenvalue weighted by molar-refractivity contribution is 14.1. The predicted octanol–water partition coefficient (Wildman–Crippen LogP) is 5.70. The van der Waals surface area contributed by atoms with Crippen molar-refractivity contribution in [3.63, 3.8) is 0 Å². The molecule has 0 atom stereocenters. The zero-order valence-corrected chi connectivity index (χ0v) is 16.1. The molecular weight excluding hydrogens is 498 g/mol. The second kappa shape index (κ2) is 7.36. The Labute approximate surface area is 149 Å². The second-order valence-corrected chi connectivity index (χ2v) is 7.22. The lowest BCUT2D eigenvalue weighted by atomic mass is 9.79. The van der Waals surface area contributed by atoms with Crippen molar-refractivity contribution in [2.45, 2.75) is 11.8 Å². The summed E-state index contributed by atoms with van der Waals surface area (Å²) in [7, 11) is 0. The van der Waals surface area contributed by atoms with Crippen LogP contribution in [0.25, 0.3) is 0 Å². The number of halogens is 4. The zero-order chi connectivity index (χ0) is 14.6. The van der Waals surface area contributed by atoms with Crippen molar-refractivity contribution in [3.05, 3.63) is 69.0 Å². The molecule has 4 heteroatoms. The van der Waals surface area contributed by atoms with Gasteiger partial charge < -0.3 is 0 Å². The van der Waals surface area contributed by atoms with Crippen LogP contribution < -0.4 is 0 Å². The third-order valence-electron chi connectivity index (χ3n) is 3.42. The van der Waals surface area contributed by atoms with Gasteiger partial charge >= 0.3 is 0 Å². The van der Waals surface area contributed by atoms with Crippen LogP contribution in [0.3, 0.4) is 0 Å². The minimum absolute atomic E-state index is 0.0690. The summed E-state index contributed by atoms with van der Waals surface area (Å²) in [6.07, 6.45) is 0.909. The molecule has 0 heterocycles. The zero-order valence-electron chi connectivity index (χ0n) is 10.8. The van der Waals surface area contributed by atoms with Gasteiger partial charge in [0, 0.05) is 19.6 Å². The third kappa shape index (κ3) is 3.83. The van der Waals surface area contributed by atoms with Crippen LogP contribution >= 0.6 is 54.5 Å². The van der Waals surface area contributed by atoms with E-state index in [-0.39, 0.29) is 11.2 Å². The maximum atomic E-state index is 13.1. The Hall–Kier alpha value is 0.0600. The molecule has 0 spiro atoms. The van der Waals surface area contributed by atoms with E-state index in [9.17, 15) is 4.39 Å². The lowest BCUT2D eigenvalue weighted by molar-refractivity contribution is 0.547. The van der Waals surface area contributed by atoms with Crippen LogP contribution in [0.4, 0.5) is 4.39 Å². The van der Waals surface area contributed by atoms with Crippen LogP contribution in [-0.2, 0) is 11.8 Å². The first-order valence-electron chi connectivity index (χ1n) is 6.22. The second-order valence-electron chi connectivity index (χ2n) is 4.86. The Morgan fingerprint density at radius 2 is 1.45 bits per heavy atom. The molecule has 0 aliphatic carbocycles. The van der Waals surface area contributed by atoms with Crippen LogP contribution in [0.15, 0.2) is 48.5 Å². The molecule has 106 valence electrons. The first-order chi connectivity index (χ1) is 9.59. The van der Waals surface area contributed by atoms with Gasteiger partial charge in [0.2, 0.25) is 0 Å². The summed E-state index contributed by atoms with van der Waals surface area (Å²) < 4.78 is 14.4. The van der Waals surface area contributed by atoms with Crippen LogP contribution in [-0.4, -0.2) is 10.7 Å². The Morgan fingerprint density at radius 3 is 1.95 bits per heavy atom. The van der Waals surface area contributed by atoms with E-state index in [0.29, 0.717) is 0 Å². The summed E-state index contributed by atoms with van der Waals surface area (Å²) in [6.45, 7) is 0. The highest BCUT2D eigenvalue weighted by Gasteiger charge is 2.30. The van der Waals surface area contributed by atoms with Gasteiger partial charge in [0.25, 0.3) is 0 Å². The van der Waals surface area contributed by atoms with Crippen LogP contribution in [0, 0.1) is 9.39 Å². The number of alkyl halides is 2. The maximum absolute atomic E-state index is 13.1. The van der Waals surface area contributed by atoms with Crippen molar-refractivity contribution in [3.8, 4) is 0 Å². The monoisotopic (exact) mass is 510 g/mol. The van der Waals surface area contributed by atoms with E-state index in [4.69, 9.17) is 0 Å². The Morgan fingerprint density at radius 1 is 0.900 bits per heavy atom. The summed E-state index contributed by atoms with van der Waals surface area (Å²) in [4.78, 5) is 0. The molecule has 0 amide bonds. The molecule has 2 aromatic rings. The van der Waals surface area contributed by atoms with Crippen molar-refractivity contribution in [1.29, 1.82) is 0 Å². The van der Waals surface area contributed by atoms with Gasteiger partial charge in [0.15, 0.2) is 0 Å². The van der Waals surface area contributed by atoms with Crippen LogP contribution in [0.1, 0.15) is 11.1 Å². The van der Waals surface area contributed by atoms with E-state index in [0.717, 1.165) is 22.6 Å². The van der Waals surface area contributed by atoms with Crippen LogP contribution in [0.2, 0.25) is 0 Å². The van der Waals surface area contributed by atoms with Gasteiger partial charge in [0.05, 0.1) is 0 Å². The number of benzene rings is 2. The van der Waals surface area contributed by atoms with E-state index in [2.05, 4.69) is 78.7 Å². The molecule has 0 unspecified atom stereocenters. The van der Waals surface area contributed by atoms with Crippen molar-refractivity contribution in [2.75, 3.05) is 10.7 Å². The molecule has 2 aromatic carbocycles. The fourth-order valence-electron chi connectivity index (χ4n) is 2.18. The topological polar surface area (TPSA) is 0 Å². The lowest BCUT2D eigenvalue weighted by Gasteiger charge is -2.31. The maximum Gasteiger partial charge on any atom is 0.123 e. The average molecular weight is 512 g/mol. The van der Waals surface area contributed by atoms with Crippen molar-refractivity contribution >= 4 is 54.5 Å². The third-order valence-corrected chi connectivity index (χ3v) is 6.29. The minimum Gasteiger partial charge on any atom is -0.207 e. The van der Waals surface area contributed by atoms with Gasteiger partial charge in [-0.15, -0.1) is 0 Å². The molecule has 0 bridgehead atoms. The van der Waals surface area contributed by atoms with E-state index in [1.807, 2.05) is 12.1 Å². The summed E-state index contributed by atoms with van der Waals surface area (Å²) in [6, 6.07) is 15.4. The van der Waals surface area contributed by atoms with Crippen molar-refractivity contribution < 1.29 is 4.39 Å². The first-order valence-corrected chi connectivity index (χ1v) is 9.54. The van der Waals surface area contributed by atoms with E-state index >= 15 is 0 Å². The van der Waals surface area contributed by atoms with E-state index in [1.165, 1.54) is 21.3 Å². The minimum atomic E-state index is -0.193. The first kappa shape index (κ1) is 16.4. The number of hydrogen-bond donors (Lipinski definition) is 0. The lowest BCUT2D eigenvalue weighted by Crippen LogP contribution is -2.33. The average Bonchev–Trinajstić information content (AvgIpc) is 2.48. The van der Waals surface area contributed by atoms with Crippen molar-refractivity contribution in [2.24, 2.45) is 0 Å². The molecule has 20 heavy (non-hydrogen) atoms. The fraction of sp³-hybridized carbons (Fsp3) is 0.250. The van der Waals surface area contributed by atoms with Gasteiger partial charge in [0.1, 0.15) is 5.82 Å². The standard InChI is InChI=1S/C16H14Br2FI/c17-10-16(11-18,13-3-5-14(19)6-4-13)9-12-1-7-15(20)8-2-12/h1-8H,9-11H2. The molecule has 0 aromatic heterocycles. The van der Waals surface area contributed by atoms with Gasteiger partial charge in [-0.2, -0.15) is 0 Å². The Kier molecular flexibility index (Phi) is 6.05. The predicted molar refractivity (Wildman–Crippen MR) is 98.5 cm³/mol. The Bertz CT molecular complexity index is 548. The van der Waals surface area contributed by atoms with Crippen LogP contribution in [0.5, 0.6) is 0 Å². The highest BCUT2D eigenvalue weighted by atomic mass is 127. The molecule has 0 saturated carbocycles. The van der Waals surface area contributed by atoms with Gasteiger partial charge in [-0.3, -0.25) is 0 Å². The summed E-state index contributed by atoms with van der Waals surface area (Å²) in [5, 5.41) is 1.64. The van der Waals surface area contributed by atoms with Crippen molar-refractivity contribution in [1.82, 2.24) is 0 Å². The number of hydrogen-bond acceptors (Lipinski definition) is 0. The van der Waals surface area contributed by atoms with Gasteiger partial charge in [-0.05, 0) is 64.4 Å². The molecule has 0 fully saturated rings. The quantitative estimate of drug-likeness (QED) is 0.357. The molecule has 0 radical (unpaired) electrons. The summed E-state index contributed by atoms with van der Waals surface area (Å²) >= 11 is 9.58. The SMILES string of the molecule is Fc1ccc(C(CBr)(CBr)Cc2ccc(I)cc2)cc1. The highest BCUT2D eigenvalue weighted by Crippen LogP contribution is 2.33. The molecule has 0 N–H and O–H groups in total. The number of rotatable bonds is 5. The van der Waals surface area contributed by atoms with Gasteiger partial charge in [-0.25, -0.2) is 4.39 Å². The molecule has 0 saturated heterocycles. The fourth-order valence-corrected chi connectivity index (χ4v) is 4.52. The molecule has 0 nitrogen and oxygen atoms in total. The molecular formula is C16H14Br2FI. The van der Waals surface area contributed by atoms with Gasteiger partial charge in [-0.1, -0.05) is 56.1 Å². The Balaban J connectivity index is 2.33. The molecule has 2 rings (SSSR count). The molecule has 0 aliphatic heterocycles. The summed E-state index contributed by atoms with van der Waals surface area (Å²) in [5.41, 5.74) is 2.36. The molecule has 0 aliphatic rings. The summed E-state index contributed by atoms with van der Waals surface area (Å²) in [5.74, 6) is -0.193. The van der Waals surface area contributed by atoms with E-state index < -0.39 is 0 Å².